The van der Waals surface area contributed by atoms with Gasteiger partial charge in [-0.25, -0.2) is 4.79 Å². The zero-order chi connectivity index (χ0) is 10.8. The van der Waals surface area contributed by atoms with E-state index < -0.39 is 0 Å². The fourth-order valence-corrected chi connectivity index (χ4v) is 1.74. The maximum Gasteiger partial charge on any atom is 0.326 e. The van der Waals surface area contributed by atoms with E-state index in [-0.39, 0.29) is 12.3 Å². The summed E-state index contributed by atoms with van der Waals surface area (Å²) in [6.07, 6.45) is 0.913. The fraction of sp³-hybridized carbons (Fsp3) is 0.364. The van der Waals surface area contributed by atoms with Gasteiger partial charge in [-0.3, -0.25) is 4.57 Å². The van der Waals surface area contributed by atoms with Crippen molar-refractivity contribution in [1.29, 1.82) is 0 Å². The van der Waals surface area contributed by atoms with Crippen LogP contribution in [0.25, 0.3) is 11.0 Å². The molecule has 0 aliphatic carbocycles. The molecule has 4 nitrogen and oxygen atoms in total. The molecule has 0 amide bonds. The van der Waals surface area contributed by atoms with Gasteiger partial charge in [-0.05, 0) is 24.1 Å². The van der Waals surface area contributed by atoms with Crippen molar-refractivity contribution >= 4 is 11.0 Å². The highest BCUT2D eigenvalue weighted by Gasteiger charge is 2.05. The van der Waals surface area contributed by atoms with E-state index in [1.54, 1.807) is 4.57 Å². The third-order valence-electron chi connectivity index (χ3n) is 2.47. The van der Waals surface area contributed by atoms with Crippen molar-refractivity contribution in [2.45, 2.75) is 26.5 Å². The van der Waals surface area contributed by atoms with Gasteiger partial charge >= 0.3 is 5.69 Å². The Bertz CT molecular complexity index is 525. The average molecular weight is 206 g/mol. The highest BCUT2D eigenvalue weighted by Crippen LogP contribution is 2.13. The second-order valence-corrected chi connectivity index (χ2v) is 3.59. The molecule has 2 aromatic rings. The number of benzene rings is 1. The second-order valence-electron chi connectivity index (χ2n) is 3.59. The third kappa shape index (κ3) is 1.68. The number of imidazole rings is 1. The van der Waals surface area contributed by atoms with Crippen LogP contribution in [0, 0.1) is 0 Å². The number of hydrogen-bond donors (Lipinski definition) is 2. The average Bonchev–Trinajstić information content (AvgIpc) is 2.55. The van der Waals surface area contributed by atoms with Crippen LogP contribution >= 0.6 is 0 Å². The first-order valence-electron chi connectivity index (χ1n) is 5.08. The quantitative estimate of drug-likeness (QED) is 0.793. The van der Waals surface area contributed by atoms with Gasteiger partial charge in [0.25, 0.3) is 0 Å². The lowest BCUT2D eigenvalue weighted by Gasteiger charge is -2.01. The summed E-state index contributed by atoms with van der Waals surface area (Å²) in [5, 5.41) is 9.03. The van der Waals surface area contributed by atoms with Crippen LogP contribution in [-0.4, -0.2) is 14.7 Å². The fourth-order valence-electron chi connectivity index (χ4n) is 1.74. The summed E-state index contributed by atoms with van der Waals surface area (Å²) < 4.78 is 1.70. The number of fused-ring (bicyclic) bond motifs is 1. The lowest BCUT2D eigenvalue weighted by molar-refractivity contribution is 0.282. The number of aromatic amines is 1. The molecule has 80 valence electrons. The van der Waals surface area contributed by atoms with Gasteiger partial charge in [0.05, 0.1) is 17.6 Å². The minimum Gasteiger partial charge on any atom is -0.392 e. The Kier molecular flexibility index (Phi) is 2.60. The van der Waals surface area contributed by atoms with Crippen LogP contribution in [0.3, 0.4) is 0 Å². The Morgan fingerprint density at radius 3 is 2.93 bits per heavy atom. The van der Waals surface area contributed by atoms with Crippen molar-refractivity contribution in [2.24, 2.45) is 0 Å². The molecule has 0 fully saturated rings. The first kappa shape index (κ1) is 9.98. The number of hydrogen-bond acceptors (Lipinski definition) is 2. The summed E-state index contributed by atoms with van der Waals surface area (Å²) in [5.41, 5.74) is 2.44. The summed E-state index contributed by atoms with van der Waals surface area (Å²) in [6, 6.07) is 5.49. The van der Waals surface area contributed by atoms with Gasteiger partial charge in [0.15, 0.2) is 0 Å². The number of aromatic nitrogens is 2. The van der Waals surface area contributed by atoms with E-state index in [2.05, 4.69) is 4.98 Å². The molecule has 2 N–H and O–H groups in total. The van der Waals surface area contributed by atoms with Crippen molar-refractivity contribution in [3.8, 4) is 0 Å². The Morgan fingerprint density at radius 2 is 2.27 bits per heavy atom. The van der Waals surface area contributed by atoms with E-state index in [0.717, 1.165) is 23.0 Å². The van der Waals surface area contributed by atoms with Gasteiger partial charge in [0.2, 0.25) is 0 Å². The molecule has 4 heteroatoms. The normalized spacial score (nSPS) is 11.1. The van der Waals surface area contributed by atoms with Gasteiger partial charge in [0, 0.05) is 6.54 Å². The van der Waals surface area contributed by atoms with E-state index in [9.17, 15) is 4.79 Å². The topological polar surface area (TPSA) is 58.0 Å². The van der Waals surface area contributed by atoms with E-state index in [1.807, 2.05) is 25.1 Å². The number of aliphatic hydroxyl groups is 1. The van der Waals surface area contributed by atoms with Crippen molar-refractivity contribution in [3.05, 3.63) is 34.2 Å². The van der Waals surface area contributed by atoms with Crippen molar-refractivity contribution in [3.63, 3.8) is 0 Å². The first-order chi connectivity index (χ1) is 7.26. The minimum atomic E-state index is -0.0815. The number of nitrogens with zero attached hydrogens (tertiary/aromatic N) is 1. The van der Waals surface area contributed by atoms with Crippen LogP contribution in [-0.2, 0) is 13.2 Å². The molecule has 0 radical (unpaired) electrons. The zero-order valence-electron chi connectivity index (χ0n) is 8.66. The van der Waals surface area contributed by atoms with Gasteiger partial charge in [-0.1, -0.05) is 13.0 Å². The SMILES string of the molecule is CCCn1c(=O)[nH]c2ccc(CO)cc21. The van der Waals surface area contributed by atoms with Crippen LogP contribution in [0.4, 0.5) is 0 Å². The highest BCUT2D eigenvalue weighted by molar-refractivity contribution is 5.76. The summed E-state index contributed by atoms with van der Waals surface area (Å²) >= 11 is 0. The molecule has 0 saturated heterocycles. The van der Waals surface area contributed by atoms with Crippen LogP contribution in [0.2, 0.25) is 0 Å². The van der Waals surface area contributed by atoms with Crippen LogP contribution in [0.15, 0.2) is 23.0 Å². The summed E-state index contributed by atoms with van der Waals surface area (Å²) in [6.45, 7) is 2.73. The molecule has 2 rings (SSSR count). The number of aliphatic hydroxyl groups excluding tert-OH is 1. The minimum absolute atomic E-state index is 0.00142. The molecular weight excluding hydrogens is 192 g/mol. The predicted octanol–water partition coefficient (Wildman–Crippen LogP) is 1.23. The van der Waals surface area contributed by atoms with Gasteiger partial charge in [-0.15, -0.1) is 0 Å². The van der Waals surface area contributed by atoms with Crippen molar-refractivity contribution in [1.82, 2.24) is 9.55 Å². The maximum absolute atomic E-state index is 11.6. The molecular formula is C11H14N2O2. The van der Waals surface area contributed by atoms with Crippen LogP contribution in [0.1, 0.15) is 18.9 Å². The number of nitrogens with one attached hydrogen (secondary N) is 1. The number of rotatable bonds is 3. The van der Waals surface area contributed by atoms with Gasteiger partial charge in [-0.2, -0.15) is 0 Å². The molecule has 15 heavy (non-hydrogen) atoms. The maximum atomic E-state index is 11.6. The molecule has 0 aliphatic rings. The van der Waals surface area contributed by atoms with Crippen molar-refractivity contribution < 1.29 is 5.11 Å². The molecule has 0 spiro atoms. The summed E-state index contributed by atoms with van der Waals surface area (Å²) in [7, 11) is 0. The van der Waals surface area contributed by atoms with Crippen LogP contribution < -0.4 is 5.69 Å². The standard InChI is InChI=1S/C11H14N2O2/c1-2-5-13-10-6-8(7-14)3-4-9(10)12-11(13)15/h3-4,6,14H,2,5,7H2,1H3,(H,12,15). The molecule has 1 aromatic heterocycles. The highest BCUT2D eigenvalue weighted by atomic mass is 16.3. The van der Waals surface area contributed by atoms with E-state index in [1.165, 1.54) is 0 Å². The van der Waals surface area contributed by atoms with Crippen molar-refractivity contribution in [2.75, 3.05) is 0 Å². The molecule has 0 bridgehead atoms. The molecule has 0 aliphatic heterocycles. The largest absolute Gasteiger partial charge is 0.392 e. The Hall–Kier alpha value is -1.55. The number of H-pyrrole nitrogens is 1. The molecule has 0 atom stereocenters. The van der Waals surface area contributed by atoms with Gasteiger partial charge in [0.1, 0.15) is 0 Å². The monoisotopic (exact) mass is 206 g/mol. The Morgan fingerprint density at radius 1 is 1.47 bits per heavy atom. The van der Waals surface area contributed by atoms with E-state index in [4.69, 9.17) is 5.11 Å². The van der Waals surface area contributed by atoms with Crippen LogP contribution in [0.5, 0.6) is 0 Å². The smallest absolute Gasteiger partial charge is 0.326 e. The molecule has 0 unspecified atom stereocenters. The molecule has 0 saturated carbocycles. The predicted molar refractivity (Wildman–Crippen MR) is 58.8 cm³/mol. The lowest BCUT2D eigenvalue weighted by Crippen LogP contribution is -2.16. The lowest BCUT2D eigenvalue weighted by atomic mass is 10.2. The second kappa shape index (κ2) is 3.90. The third-order valence-corrected chi connectivity index (χ3v) is 2.47. The van der Waals surface area contributed by atoms with E-state index in [0.29, 0.717) is 6.54 Å². The molecule has 1 heterocycles. The summed E-state index contributed by atoms with van der Waals surface area (Å²) in [4.78, 5) is 14.4. The Balaban J connectivity index is 2.66. The summed E-state index contributed by atoms with van der Waals surface area (Å²) in [5.74, 6) is 0. The molecule has 1 aromatic carbocycles. The Labute approximate surface area is 87.2 Å². The zero-order valence-corrected chi connectivity index (χ0v) is 8.66. The van der Waals surface area contributed by atoms with E-state index >= 15 is 0 Å². The number of aryl methyl sites for hydroxylation is 1. The first-order valence-corrected chi connectivity index (χ1v) is 5.08. The van der Waals surface area contributed by atoms with Gasteiger partial charge < -0.3 is 10.1 Å².